The zero-order valence-corrected chi connectivity index (χ0v) is 19.6. The lowest BCUT2D eigenvalue weighted by Gasteiger charge is -2.19. The molecule has 0 saturated heterocycles. The molecule has 176 valence electrons. The van der Waals surface area contributed by atoms with Crippen molar-refractivity contribution in [1.29, 1.82) is 0 Å². The van der Waals surface area contributed by atoms with Crippen LogP contribution in [0.4, 0.5) is 20.2 Å². The average molecular weight is 485 g/mol. The number of nitrogens with one attached hydrogen (secondary N) is 1. The number of carbonyl (C=O) groups excluding carboxylic acids is 3. The highest BCUT2D eigenvalue weighted by molar-refractivity contribution is 6.34. The number of benzene rings is 3. The number of rotatable bonds is 7. The maximum absolute atomic E-state index is 13.8. The Morgan fingerprint density at radius 2 is 1.59 bits per heavy atom. The van der Waals surface area contributed by atoms with E-state index >= 15 is 0 Å². The van der Waals surface area contributed by atoms with Gasteiger partial charge in [0.2, 0.25) is 11.7 Å². The molecular weight excluding hydrogens is 462 g/mol. The lowest BCUT2D eigenvalue weighted by molar-refractivity contribution is -0.141. The van der Waals surface area contributed by atoms with Crippen LogP contribution in [0.2, 0.25) is 5.02 Å². The molecule has 0 aliphatic carbocycles. The molecule has 5 nitrogen and oxygen atoms in total. The van der Waals surface area contributed by atoms with Gasteiger partial charge in [-0.3, -0.25) is 14.4 Å². The number of amides is 2. The molecule has 8 heteroatoms. The zero-order valence-electron chi connectivity index (χ0n) is 18.9. The van der Waals surface area contributed by atoms with Gasteiger partial charge in [-0.2, -0.15) is 8.78 Å². The first-order valence-electron chi connectivity index (χ1n) is 10.4. The largest absolute Gasteiger partial charge is 0.330 e. The first-order valence-corrected chi connectivity index (χ1v) is 10.8. The van der Waals surface area contributed by atoms with E-state index in [1.54, 1.807) is 43.4 Å². The minimum absolute atomic E-state index is 0.0404. The van der Waals surface area contributed by atoms with Crippen LogP contribution in [-0.2, 0) is 21.9 Å². The second-order valence-corrected chi connectivity index (χ2v) is 8.36. The molecule has 0 atom stereocenters. The molecule has 3 aromatic carbocycles. The predicted octanol–water partition coefficient (Wildman–Crippen LogP) is 5.79. The highest BCUT2D eigenvalue weighted by Gasteiger charge is 2.37. The minimum atomic E-state index is -3.56. The summed E-state index contributed by atoms with van der Waals surface area (Å²) in [6.45, 7) is 2.74. The summed E-state index contributed by atoms with van der Waals surface area (Å²) in [5, 5.41) is 3.18. The molecule has 0 aliphatic rings. The number of nitrogens with zero attached hydrogens (tertiary/aromatic N) is 1. The van der Waals surface area contributed by atoms with E-state index in [4.69, 9.17) is 11.6 Å². The first-order chi connectivity index (χ1) is 16.0. The van der Waals surface area contributed by atoms with Gasteiger partial charge in [0.05, 0.1) is 17.1 Å². The van der Waals surface area contributed by atoms with E-state index in [1.165, 1.54) is 17.0 Å². The van der Waals surface area contributed by atoms with Crippen molar-refractivity contribution in [3.05, 3.63) is 94.0 Å². The summed E-state index contributed by atoms with van der Waals surface area (Å²) in [6, 6.07) is 16.9. The summed E-state index contributed by atoms with van der Waals surface area (Å²) in [7, 11) is 1.63. The number of aryl methyl sites for hydroxylation is 1. The molecule has 2 amide bonds. The van der Waals surface area contributed by atoms with Crippen LogP contribution >= 0.6 is 11.6 Å². The van der Waals surface area contributed by atoms with Gasteiger partial charge in [-0.05, 0) is 54.4 Å². The third-order valence-electron chi connectivity index (χ3n) is 5.31. The fourth-order valence-electron chi connectivity index (χ4n) is 3.31. The van der Waals surface area contributed by atoms with Gasteiger partial charge in [-0.1, -0.05) is 41.9 Å². The van der Waals surface area contributed by atoms with Crippen molar-refractivity contribution in [2.24, 2.45) is 0 Å². The highest BCUT2D eigenvalue weighted by Crippen LogP contribution is 2.29. The van der Waals surface area contributed by atoms with Crippen LogP contribution in [-0.4, -0.2) is 24.6 Å². The maximum atomic E-state index is 13.8. The number of Topliss-reactive ketones (excluding diaryl/α,β-unsaturated/α-hetero) is 1. The molecule has 0 heterocycles. The predicted molar refractivity (Wildman–Crippen MR) is 129 cm³/mol. The Hall–Kier alpha value is -3.58. The van der Waals surface area contributed by atoms with E-state index in [2.05, 4.69) is 5.32 Å². The van der Waals surface area contributed by atoms with Crippen molar-refractivity contribution in [3.8, 4) is 0 Å². The number of hydrogen-bond acceptors (Lipinski definition) is 3. The van der Waals surface area contributed by atoms with Gasteiger partial charge in [-0.25, -0.2) is 0 Å². The molecule has 1 N–H and O–H groups in total. The van der Waals surface area contributed by atoms with E-state index in [1.807, 2.05) is 13.0 Å². The van der Waals surface area contributed by atoms with Gasteiger partial charge >= 0.3 is 5.92 Å². The van der Waals surface area contributed by atoms with Crippen LogP contribution < -0.4 is 10.2 Å². The average Bonchev–Trinajstić information content (AvgIpc) is 2.79. The zero-order chi connectivity index (χ0) is 25.0. The molecule has 0 spiro atoms. The van der Waals surface area contributed by atoms with Gasteiger partial charge in [-0.15, -0.1) is 0 Å². The second kappa shape index (κ2) is 10.1. The smallest absolute Gasteiger partial charge is 0.326 e. The Kier molecular flexibility index (Phi) is 7.47. The van der Waals surface area contributed by atoms with E-state index < -0.39 is 17.3 Å². The Morgan fingerprint density at radius 3 is 2.15 bits per heavy atom. The number of alkyl halides is 2. The molecule has 3 rings (SSSR count). The number of carbonyl (C=O) groups is 3. The van der Waals surface area contributed by atoms with Crippen molar-refractivity contribution in [1.82, 2.24) is 0 Å². The van der Waals surface area contributed by atoms with Crippen LogP contribution in [0, 0.1) is 6.92 Å². The van der Waals surface area contributed by atoms with E-state index in [-0.39, 0.29) is 18.2 Å². The topological polar surface area (TPSA) is 66.5 Å². The lowest BCUT2D eigenvalue weighted by Crippen LogP contribution is -2.26. The number of halogens is 3. The third kappa shape index (κ3) is 5.66. The summed E-state index contributed by atoms with van der Waals surface area (Å²) in [5.74, 6) is -5.41. The van der Waals surface area contributed by atoms with Gasteiger partial charge in [0.15, 0.2) is 0 Å². The Labute approximate surface area is 201 Å². The third-order valence-corrected chi connectivity index (χ3v) is 5.61. The molecule has 0 aromatic heterocycles. The van der Waals surface area contributed by atoms with Crippen molar-refractivity contribution in [2.45, 2.75) is 26.2 Å². The van der Waals surface area contributed by atoms with E-state index in [0.717, 1.165) is 24.6 Å². The summed E-state index contributed by atoms with van der Waals surface area (Å²) in [5.41, 5.74) is 2.57. The van der Waals surface area contributed by atoms with Crippen LogP contribution in [0.1, 0.15) is 34.0 Å². The first kappa shape index (κ1) is 25.1. The summed E-state index contributed by atoms with van der Waals surface area (Å²) in [6.07, 6.45) is -0.0404. The van der Waals surface area contributed by atoms with Crippen LogP contribution in [0.3, 0.4) is 0 Å². The normalized spacial score (nSPS) is 11.1. The van der Waals surface area contributed by atoms with Gasteiger partial charge in [0.25, 0.3) is 5.91 Å². The summed E-state index contributed by atoms with van der Waals surface area (Å²) >= 11 is 6.26. The summed E-state index contributed by atoms with van der Waals surface area (Å²) in [4.78, 5) is 37.7. The van der Waals surface area contributed by atoms with Crippen molar-refractivity contribution in [2.75, 3.05) is 17.3 Å². The quantitative estimate of drug-likeness (QED) is 0.461. The van der Waals surface area contributed by atoms with Gasteiger partial charge < -0.3 is 10.2 Å². The molecule has 0 bridgehead atoms. The maximum Gasteiger partial charge on any atom is 0.330 e. The Bertz CT molecular complexity index is 1230. The molecule has 0 fully saturated rings. The molecule has 0 saturated carbocycles. The van der Waals surface area contributed by atoms with Crippen LogP contribution in [0.15, 0.2) is 66.7 Å². The standard InChI is InChI=1S/C26H23ClF2N2O3/c1-16-4-13-23(22(27)14-16)31(3)25(34)19-7-11-21(12-8-19)30-24(33)15-18-5-9-20(10-6-18)26(28,29)17(2)32/h4-14H,15H2,1-3H3,(H,30,33). The van der Waals surface area contributed by atoms with E-state index in [9.17, 15) is 23.2 Å². The SMILES string of the molecule is CC(=O)C(F)(F)c1ccc(CC(=O)Nc2ccc(C(=O)N(C)c3ccc(C)cc3Cl)cc2)cc1. The van der Waals surface area contributed by atoms with Gasteiger partial charge in [0.1, 0.15) is 0 Å². The molecule has 0 aliphatic heterocycles. The number of hydrogen-bond donors (Lipinski definition) is 1. The lowest BCUT2D eigenvalue weighted by atomic mass is 10.0. The summed E-state index contributed by atoms with van der Waals surface area (Å²) < 4.78 is 27.5. The number of anilines is 2. The molecule has 34 heavy (non-hydrogen) atoms. The number of ketones is 1. The second-order valence-electron chi connectivity index (χ2n) is 7.95. The minimum Gasteiger partial charge on any atom is -0.326 e. The molecular formula is C26H23ClF2N2O3. The molecule has 0 radical (unpaired) electrons. The van der Waals surface area contributed by atoms with Crippen molar-refractivity contribution < 1.29 is 23.2 Å². The highest BCUT2D eigenvalue weighted by atomic mass is 35.5. The fourth-order valence-corrected chi connectivity index (χ4v) is 3.67. The monoisotopic (exact) mass is 484 g/mol. The van der Waals surface area contributed by atoms with Crippen LogP contribution in [0.25, 0.3) is 0 Å². The van der Waals surface area contributed by atoms with Crippen molar-refractivity contribution >= 4 is 40.6 Å². The van der Waals surface area contributed by atoms with Crippen molar-refractivity contribution in [3.63, 3.8) is 0 Å². The van der Waals surface area contributed by atoms with E-state index in [0.29, 0.717) is 27.5 Å². The fraction of sp³-hybridized carbons (Fsp3) is 0.192. The molecule has 3 aromatic rings. The Morgan fingerprint density at radius 1 is 0.971 bits per heavy atom. The van der Waals surface area contributed by atoms with Crippen LogP contribution in [0.5, 0.6) is 0 Å². The molecule has 0 unspecified atom stereocenters. The Balaban J connectivity index is 1.62. The van der Waals surface area contributed by atoms with Gasteiger partial charge in [0, 0.05) is 30.8 Å².